The van der Waals surface area contributed by atoms with Crippen molar-refractivity contribution in [2.75, 3.05) is 18.4 Å². The number of nitro groups is 1. The number of amides is 2. The Morgan fingerprint density at radius 1 is 1.38 bits per heavy atom. The molecule has 0 aliphatic heterocycles. The van der Waals surface area contributed by atoms with Crippen molar-refractivity contribution >= 4 is 23.3 Å². The van der Waals surface area contributed by atoms with E-state index in [1.54, 1.807) is 0 Å². The Morgan fingerprint density at radius 3 is 2.79 bits per heavy atom. The summed E-state index contributed by atoms with van der Waals surface area (Å²) in [5, 5.41) is 16.9. The second kappa shape index (κ2) is 7.86. The minimum absolute atomic E-state index is 0.159. The van der Waals surface area contributed by atoms with Gasteiger partial charge in [0.1, 0.15) is 12.8 Å². The second-order valence-electron chi connectivity index (χ2n) is 4.97. The van der Waals surface area contributed by atoms with Crippen LogP contribution in [0.3, 0.4) is 0 Å². The maximum absolute atomic E-state index is 12.5. The Morgan fingerprint density at radius 2 is 2.17 bits per heavy atom. The Bertz CT molecular complexity index is 729. The molecule has 9 nitrogen and oxygen atoms in total. The number of non-ortho nitro benzene ring substituents is 1. The minimum Gasteiger partial charge on any atom is -0.363 e. The average Bonchev–Trinajstić information content (AvgIpc) is 3.06. The maximum atomic E-state index is 12.5. The van der Waals surface area contributed by atoms with Crippen LogP contribution < -0.4 is 5.32 Å². The predicted octanol–water partition coefficient (Wildman–Crippen LogP) is 2.07. The van der Waals surface area contributed by atoms with E-state index in [9.17, 15) is 19.7 Å². The number of anilines is 1. The molecule has 9 heteroatoms. The van der Waals surface area contributed by atoms with Crippen LogP contribution in [-0.4, -0.2) is 39.9 Å². The number of carbonyl (C=O) groups excluding carboxylic acids is 2. The molecule has 2 aromatic rings. The summed E-state index contributed by atoms with van der Waals surface area (Å²) >= 11 is 0. The summed E-state index contributed by atoms with van der Waals surface area (Å²) in [6, 6.07) is 6.89. The van der Waals surface area contributed by atoms with Gasteiger partial charge in [-0.15, -0.1) is 0 Å². The molecule has 0 aliphatic carbocycles. The molecule has 0 spiro atoms. The topological polar surface area (TPSA) is 119 Å². The van der Waals surface area contributed by atoms with Gasteiger partial charge in [-0.1, -0.05) is 18.1 Å². The highest BCUT2D eigenvalue weighted by molar-refractivity contribution is 5.99. The predicted molar refractivity (Wildman–Crippen MR) is 84.4 cm³/mol. The quantitative estimate of drug-likeness (QED) is 0.612. The summed E-state index contributed by atoms with van der Waals surface area (Å²) in [7, 11) is 0. The lowest BCUT2D eigenvalue weighted by Gasteiger charge is -2.21. The summed E-state index contributed by atoms with van der Waals surface area (Å²) in [5.41, 5.74) is -0.0174. The number of nitrogens with one attached hydrogen (secondary N) is 1. The van der Waals surface area contributed by atoms with Crippen molar-refractivity contribution in [2.24, 2.45) is 0 Å². The van der Waals surface area contributed by atoms with Gasteiger partial charge >= 0.3 is 0 Å². The van der Waals surface area contributed by atoms with E-state index in [1.165, 1.54) is 41.5 Å². The van der Waals surface area contributed by atoms with Crippen molar-refractivity contribution in [3.63, 3.8) is 0 Å². The molecule has 24 heavy (non-hydrogen) atoms. The fraction of sp³-hybridized carbons (Fsp3) is 0.267. The van der Waals surface area contributed by atoms with Gasteiger partial charge in [0.25, 0.3) is 11.6 Å². The van der Waals surface area contributed by atoms with Crippen molar-refractivity contribution in [3.8, 4) is 0 Å². The van der Waals surface area contributed by atoms with Crippen LogP contribution in [0.15, 0.2) is 41.1 Å². The Labute approximate surface area is 137 Å². The van der Waals surface area contributed by atoms with E-state index >= 15 is 0 Å². The van der Waals surface area contributed by atoms with Crippen molar-refractivity contribution in [3.05, 3.63) is 52.3 Å². The fourth-order valence-corrected chi connectivity index (χ4v) is 2.09. The molecule has 1 aromatic carbocycles. The molecule has 2 amide bonds. The second-order valence-corrected chi connectivity index (χ2v) is 4.97. The fourth-order valence-electron chi connectivity index (χ4n) is 2.09. The lowest BCUT2D eigenvalue weighted by Crippen LogP contribution is -2.38. The van der Waals surface area contributed by atoms with Crippen LogP contribution >= 0.6 is 0 Å². The number of hydrogen-bond acceptors (Lipinski definition) is 6. The molecule has 0 aliphatic rings. The molecule has 1 heterocycles. The van der Waals surface area contributed by atoms with E-state index in [0.717, 1.165) is 0 Å². The Kier molecular flexibility index (Phi) is 5.61. The molecule has 0 radical (unpaired) electrons. The van der Waals surface area contributed by atoms with E-state index < -0.39 is 16.7 Å². The first-order valence-electron chi connectivity index (χ1n) is 7.25. The number of benzene rings is 1. The molecule has 2 rings (SSSR count). The SMILES string of the molecule is CCCN(CC(=O)Nc1ccon1)C(=O)c1cccc([N+](=O)[O-])c1. The van der Waals surface area contributed by atoms with Gasteiger partial charge in [0, 0.05) is 30.3 Å². The maximum Gasteiger partial charge on any atom is 0.270 e. The molecule has 0 saturated carbocycles. The van der Waals surface area contributed by atoms with E-state index in [0.29, 0.717) is 13.0 Å². The number of carbonyl (C=O) groups is 2. The van der Waals surface area contributed by atoms with E-state index in [-0.39, 0.29) is 23.6 Å². The molecule has 0 fully saturated rings. The third-order valence-electron chi connectivity index (χ3n) is 3.12. The standard InChI is InChI=1S/C15H16N4O5/c1-2-7-18(10-14(20)16-13-6-8-24-17-13)15(21)11-4-3-5-12(9-11)19(22)23/h3-6,8-9H,2,7,10H2,1H3,(H,16,17,20). The van der Waals surface area contributed by atoms with Gasteiger partial charge in [-0.3, -0.25) is 19.7 Å². The van der Waals surface area contributed by atoms with Crippen LogP contribution in [0.1, 0.15) is 23.7 Å². The van der Waals surface area contributed by atoms with Crippen molar-refractivity contribution in [2.45, 2.75) is 13.3 Å². The van der Waals surface area contributed by atoms with Gasteiger partial charge < -0.3 is 14.7 Å². The lowest BCUT2D eigenvalue weighted by atomic mass is 10.1. The summed E-state index contributed by atoms with van der Waals surface area (Å²) in [5.74, 6) is -0.633. The zero-order chi connectivity index (χ0) is 17.5. The Hall–Kier alpha value is -3.23. The summed E-state index contributed by atoms with van der Waals surface area (Å²) < 4.78 is 4.61. The monoisotopic (exact) mass is 332 g/mol. The van der Waals surface area contributed by atoms with Crippen LogP contribution in [0.4, 0.5) is 11.5 Å². The van der Waals surface area contributed by atoms with Crippen molar-refractivity contribution in [1.29, 1.82) is 0 Å². The number of hydrogen-bond donors (Lipinski definition) is 1. The van der Waals surface area contributed by atoms with Crippen molar-refractivity contribution < 1.29 is 19.0 Å². The van der Waals surface area contributed by atoms with Gasteiger partial charge in [-0.25, -0.2) is 0 Å². The number of nitro benzene ring substituents is 1. The molecular weight excluding hydrogens is 316 g/mol. The molecule has 1 N–H and O–H groups in total. The zero-order valence-corrected chi connectivity index (χ0v) is 13.0. The van der Waals surface area contributed by atoms with Gasteiger partial charge in [-0.2, -0.15) is 0 Å². The smallest absolute Gasteiger partial charge is 0.270 e. The van der Waals surface area contributed by atoms with E-state index in [4.69, 9.17) is 0 Å². The van der Waals surface area contributed by atoms with Crippen LogP contribution in [0.5, 0.6) is 0 Å². The normalized spacial score (nSPS) is 10.2. The molecular formula is C15H16N4O5. The number of nitrogens with zero attached hydrogens (tertiary/aromatic N) is 3. The van der Waals surface area contributed by atoms with Gasteiger partial charge in [0.2, 0.25) is 5.91 Å². The number of aromatic nitrogens is 1. The first kappa shape index (κ1) is 17.1. The summed E-state index contributed by atoms with van der Waals surface area (Å²) in [6.45, 7) is 2.01. The van der Waals surface area contributed by atoms with Gasteiger partial charge in [0.05, 0.1) is 4.92 Å². The van der Waals surface area contributed by atoms with Crippen LogP contribution in [0.25, 0.3) is 0 Å². The molecule has 0 atom stereocenters. The highest BCUT2D eigenvalue weighted by Crippen LogP contribution is 2.15. The van der Waals surface area contributed by atoms with E-state index in [1.807, 2.05) is 6.92 Å². The third-order valence-corrected chi connectivity index (χ3v) is 3.12. The van der Waals surface area contributed by atoms with Crippen LogP contribution in [0.2, 0.25) is 0 Å². The van der Waals surface area contributed by atoms with E-state index in [2.05, 4.69) is 15.0 Å². The Balaban J connectivity index is 2.11. The van der Waals surface area contributed by atoms with Gasteiger partial charge in [0.15, 0.2) is 5.82 Å². The minimum atomic E-state index is -0.571. The first-order valence-corrected chi connectivity index (χ1v) is 7.25. The van der Waals surface area contributed by atoms with Crippen LogP contribution in [0, 0.1) is 10.1 Å². The largest absolute Gasteiger partial charge is 0.363 e. The summed E-state index contributed by atoms with van der Waals surface area (Å²) in [6.07, 6.45) is 1.95. The van der Waals surface area contributed by atoms with Crippen LogP contribution in [-0.2, 0) is 4.79 Å². The first-order chi connectivity index (χ1) is 11.5. The van der Waals surface area contributed by atoms with Gasteiger partial charge in [-0.05, 0) is 12.5 Å². The summed E-state index contributed by atoms with van der Waals surface area (Å²) in [4.78, 5) is 36.1. The third kappa shape index (κ3) is 4.38. The molecule has 0 unspecified atom stereocenters. The molecule has 0 bridgehead atoms. The number of rotatable bonds is 7. The highest BCUT2D eigenvalue weighted by Gasteiger charge is 2.20. The molecule has 0 saturated heterocycles. The molecule has 126 valence electrons. The average molecular weight is 332 g/mol. The zero-order valence-electron chi connectivity index (χ0n) is 13.0. The van der Waals surface area contributed by atoms with Crippen molar-refractivity contribution in [1.82, 2.24) is 10.1 Å². The molecule has 1 aromatic heterocycles. The lowest BCUT2D eigenvalue weighted by molar-refractivity contribution is -0.384. The highest BCUT2D eigenvalue weighted by atomic mass is 16.6.